The fraction of sp³-hybridized carbons (Fsp3) is 0. The van der Waals surface area contributed by atoms with Gasteiger partial charge in [-0.05, 0) is 87.6 Å². The molecule has 0 spiro atoms. The number of oxazole rings is 1. The van der Waals surface area contributed by atoms with E-state index in [1.807, 2.05) is 42.5 Å². The third-order valence-electron chi connectivity index (χ3n) is 9.29. The van der Waals surface area contributed by atoms with Crippen molar-refractivity contribution in [3.05, 3.63) is 194 Å². The molecular formula is C47H32N2O. The van der Waals surface area contributed by atoms with E-state index in [1.165, 1.54) is 27.5 Å². The minimum Gasteiger partial charge on any atom is -0.435 e. The van der Waals surface area contributed by atoms with Crippen molar-refractivity contribution >= 4 is 38.9 Å². The van der Waals surface area contributed by atoms with Gasteiger partial charge in [0.15, 0.2) is 5.58 Å². The number of para-hydroxylation sites is 2. The highest BCUT2D eigenvalue weighted by molar-refractivity contribution is 5.94. The van der Waals surface area contributed by atoms with Gasteiger partial charge in [-0.2, -0.15) is 0 Å². The van der Waals surface area contributed by atoms with E-state index in [1.54, 1.807) is 0 Å². The molecule has 0 amide bonds. The molecule has 0 aliphatic rings. The second-order valence-corrected chi connectivity index (χ2v) is 12.4. The van der Waals surface area contributed by atoms with E-state index in [-0.39, 0.29) is 0 Å². The Bertz CT molecular complexity index is 2590. The topological polar surface area (TPSA) is 29.3 Å². The first-order valence-corrected chi connectivity index (χ1v) is 16.9. The van der Waals surface area contributed by atoms with E-state index in [9.17, 15) is 0 Å². The molecule has 0 N–H and O–H groups in total. The number of benzene rings is 8. The standard InChI is InChI=1S/C47H32N2O/c1-3-14-34(15-4-1)42-21-9-10-24-45(42)49(41-20-11-19-38(32-41)39-26-25-33-13-7-8-18-37(33)31-39)40-29-27-35(28-30-40)43-22-12-23-44-46(43)50-47(48-44)36-16-5-2-6-17-36/h1-32H. The number of hydrogen-bond acceptors (Lipinski definition) is 3. The van der Waals surface area contributed by atoms with Crippen molar-refractivity contribution in [2.24, 2.45) is 0 Å². The van der Waals surface area contributed by atoms with Gasteiger partial charge in [0.1, 0.15) is 5.52 Å². The largest absolute Gasteiger partial charge is 0.435 e. The van der Waals surface area contributed by atoms with Crippen molar-refractivity contribution in [3.63, 3.8) is 0 Å². The number of nitrogens with zero attached hydrogens (tertiary/aromatic N) is 2. The Kier molecular flexibility index (Phi) is 7.49. The van der Waals surface area contributed by atoms with Crippen LogP contribution in [-0.2, 0) is 0 Å². The quantitative estimate of drug-likeness (QED) is 0.174. The Morgan fingerprint density at radius 1 is 0.380 bits per heavy atom. The summed E-state index contributed by atoms with van der Waals surface area (Å²) in [5.41, 5.74) is 12.6. The molecular weight excluding hydrogens is 609 g/mol. The zero-order chi connectivity index (χ0) is 33.3. The molecule has 0 aliphatic carbocycles. The predicted octanol–water partition coefficient (Wildman–Crippen LogP) is 13.1. The van der Waals surface area contributed by atoms with Crippen molar-refractivity contribution in [1.29, 1.82) is 0 Å². The predicted molar refractivity (Wildman–Crippen MR) is 208 cm³/mol. The molecule has 0 bridgehead atoms. The van der Waals surface area contributed by atoms with Gasteiger partial charge < -0.3 is 9.32 Å². The second-order valence-electron chi connectivity index (χ2n) is 12.4. The Morgan fingerprint density at radius 2 is 0.980 bits per heavy atom. The molecule has 9 rings (SSSR count). The molecule has 0 saturated carbocycles. The van der Waals surface area contributed by atoms with Gasteiger partial charge in [-0.1, -0.05) is 140 Å². The van der Waals surface area contributed by atoms with E-state index >= 15 is 0 Å². The number of rotatable bonds is 7. The van der Waals surface area contributed by atoms with Crippen LogP contribution in [0.5, 0.6) is 0 Å². The van der Waals surface area contributed by atoms with Crippen LogP contribution in [0.3, 0.4) is 0 Å². The summed E-state index contributed by atoms with van der Waals surface area (Å²) in [5, 5.41) is 2.47. The van der Waals surface area contributed by atoms with Gasteiger partial charge in [-0.25, -0.2) is 4.98 Å². The van der Waals surface area contributed by atoms with Crippen LogP contribution < -0.4 is 4.90 Å². The molecule has 9 aromatic rings. The lowest BCUT2D eigenvalue weighted by Crippen LogP contribution is -2.11. The normalized spacial score (nSPS) is 11.2. The summed E-state index contributed by atoms with van der Waals surface area (Å²) in [6.45, 7) is 0. The summed E-state index contributed by atoms with van der Waals surface area (Å²) in [6, 6.07) is 68.3. The van der Waals surface area contributed by atoms with E-state index in [2.05, 4.69) is 157 Å². The van der Waals surface area contributed by atoms with Crippen LogP contribution in [-0.4, -0.2) is 4.98 Å². The van der Waals surface area contributed by atoms with Crippen LogP contribution in [0.15, 0.2) is 199 Å². The van der Waals surface area contributed by atoms with Crippen LogP contribution in [0.25, 0.3) is 66.7 Å². The molecule has 0 fully saturated rings. The second kappa shape index (κ2) is 12.7. The monoisotopic (exact) mass is 640 g/mol. The third kappa shape index (κ3) is 5.51. The maximum Gasteiger partial charge on any atom is 0.227 e. The zero-order valence-corrected chi connectivity index (χ0v) is 27.3. The van der Waals surface area contributed by atoms with Gasteiger partial charge in [0, 0.05) is 28.1 Å². The van der Waals surface area contributed by atoms with Gasteiger partial charge in [-0.15, -0.1) is 0 Å². The van der Waals surface area contributed by atoms with Gasteiger partial charge in [0.2, 0.25) is 5.89 Å². The summed E-state index contributed by atoms with van der Waals surface area (Å²) in [4.78, 5) is 7.17. The lowest BCUT2D eigenvalue weighted by molar-refractivity contribution is 0.621. The SMILES string of the molecule is c1ccc(-c2nc3cccc(-c4ccc(N(c5cccc(-c6ccc7ccccc7c6)c5)c5ccccc5-c5ccccc5)cc4)c3o2)cc1. The number of aromatic nitrogens is 1. The molecule has 0 saturated heterocycles. The minimum absolute atomic E-state index is 0.625. The van der Waals surface area contributed by atoms with Crippen molar-refractivity contribution in [2.45, 2.75) is 0 Å². The molecule has 1 heterocycles. The van der Waals surface area contributed by atoms with Gasteiger partial charge >= 0.3 is 0 Å². The molecule has 0 atom stereocenters. The van der Waals surface area contributed by atoms with E-state index < -0.39 is 0 Å². The van der Waals surface area contributed by atoms with Crippen molar-refractivity contribution < 1.29 is 4.42 Å². The molecule has 50 heavy (non-hydrogen) atoms. The highest BCUT2D eigenvalue weighted by Gasteiger charge is 2.19. The number of fused-ring (bicyclic) bond motifs is 2. The van der Waals surface area contributed by atoms with Crippen LogP contribution in [0.1, 0.15) is 0 Å². The van der Waals surface area contributed by atoms with Crippen LogP contribution >= 0.6 is 0 Å². The summed E-state index contributed by atoms with van der Waals surface area (Å²) in [6.07, 6.45) is 0. The molecule has 8 aromatic carbocycles. The van der Waals surface area contributed by atoms with Crippen molar-refractivity contribution in [1.82, 2.24) is 4.98 Å². The summed E-state index contributed by atoms with van der Waals surface area (Å²) in [7, 11) is 0. The molecule has 0 aliphatic heterocycles. The number of anilines is 3. The molecule has 1 aromatic heterocycles. The average Bonchev–Trinajstić information content (AvgIpc) is 3.64. The van der Waals surface area contributed by atoms with Crippen LogP contribution in [0, 0.1) is 0 Å². The van der Waals surface area contributed by atoms with Crippen molar-refractivity contribution in [3.8, 4) is 44.8 Å². The van der Waals surface area contributed by atoms with Crippen molar-refractivity contribution in [2.75, 3.05) is 4.90 Å². The maximum atomic E-state index is 6.38. The fourth-order valence-corrected chi connectivity index (χ4v) is 6.82. The number of hydrogen-bond donors (Lipinski definition) is 0. The first kappa shape index (κ1) is 29.4. The van der Waals surface area contributed by atoms with Crippen LogP contribution in [0.4, 0.5) is 17.1 Å². The Morgan fingerprint density at radius 3 is 1.80 bits per heavy atom. The lowest BCUT2D eigenvalue weighted by Gasteiger charge is -2.28. The smallest absolute Gasteiger partial charge is 0.227 e. The Hall–Kier alpha value is -6.71. The molecule has 236 valence electrons. The first-order chi connectivity index (χ1) is 24.8. The van der Waals surface area contributed by atoms with Gasteiger partial charge in [-0.3, -0.25) is 0 Å². The molecule has 0 radical (unpaired) electrons. The lowest BCUT2D eigenvalue weighted by atomic mass is 9.99. The first-order valence-electron chi connectivity index (χ1n) is 16.9. The maximum absolute atomic E-state index is 6.38. The average molecular weight is 641 g/mol. The van der Waals surface area contributed by atoms with Gasteiger partial charge in [0.05, 0.1) is 5.69 Å². The summed E-state index contributed by atoms with van der Waals surface area (Å²) in [5.74, 6) is 0.625. The van der Waals surface area contributed by atoms with Gasteiger partial charge in [0.25, 0.3) is 0 Å². The Balaban J connectivity index is 1.16. The Labute approximate surface area is 291 Å². The van der Waals surface area contributed by atoms with E-state index in [4.69, 9.17) is 9.40 Å². The molecule has 0 unspecified atom stereocenters. The van der Waals surface area contributed by atoms with E-state index in [0.29, 0.717) is 5.89 Å². The fourth-order valence-electron chi connectivity index (χ4n) is 6.82. The van der Waals surface area contributed by atoms with Crippen LogP contribution in [0.2, 0.25) is 0 Å². The minimum atomic E-state index is 0.625. The summed E-state index contributed by atoms with van der Waals surface area (Å²) >= 11 is 0. The highest BCUT2D eigenvalue weighted by atomic mass is 16.3. The molecule has 3 nitrogen and oxygen atoms in total. The third-order valence-corrected chi connectivity index (χ3v) is 9.29. The summed E-state index contributed by atoms with van der Waals surface area (Å²) < 4.78 is 6.38. The van der Waals surface area contributed by atoms with E-state index in [0.717, 1.165) is 50.4 Å². The zero-order valence-electron chi connectivity index (χ0n) is 27.3. The highest BCUT2D eigenvalue weighted by Crippen LogP contribution is 2.43. The molecule has 3 heteroatoms.